The Morgan fingerprint density at radius 1 is 1.42 bits per heavy atom. The molecule has 0 atom stereocenters. The minimum Gasteiger partial charge on any atom is -0.497 e. The molecule has 0 bridgehead atoms. The number of aliphatic hydroxyl groups is 1. The number of fused-ring (bicyclic) bond motifs is 3. The number of rotatable bonds is 3. The first kappa shape index (κ1) is 11.7. The summed E-state index contributed by atoms with van der Waals surface area (Å²) in [4.78, 5) is 12.3. The molecule has 98 valence electrons. The van der Waals surface area contributed by atoms with Gasteiger partial charge in [0.05, 0.1) is 24.6 Å². The Morgan fingerprint density at radius 2 is 2.26 bits per heavy atom. The van der Waals surface area contributed by atoms with Gasteiger partial charge in [-0.2, -0.15) is 0 Å². The Morgan fingerprint density at radius 3 is 3.00 bits per heavy atom. The van der Waals surface area contributed by atoms with Crippen molar-refractivity contribution in [3.63, 3.8) is 0 Å². The van der Waals surface area contributed by atoms with Crippen LogP contribution in [0.15, 0.2) is 33.8 Å². The maximum absolute atomic E-state index is 12.3. The van der Waals surface area contributed by atoms with E-state index in [-0.39, 0.29) is 24.2 Å². The highest BCUT2D eigenvalue weighted by Gasteiger charge is 2.14. The summed E-state index contributed by atoms with van der Waals surface area (Å²) in [6.45, 7) is 0.0703. The first-order valence-corrected chi connectivity index (χ1v) is 5.81. The SMILES string of the molecule is COc1ccc2c3conc3c(=O)n(CCO)c2c1. The van der Waals surface area contributed by atoms with E-state index in [0.717, 1.165) is 5.39 Å². The number of aliphatic hydroxyl groups excluding tert-OH is 1. The Balaban J connectivity index is 2.50. The van der Waals surface area contributed by atoms with Crippen LogP contribution in [0, 0.1) is 0 Å². The van der Waals surface area contributed by atoms with E-state index < -0.39 is 0 Å². The fraction of sp³-hybridized carbons (Fsp3) is 0.231. The van der Waals surface area contributed by atoms with Gasteiger partial charge < -0.3 is 18.9 Å². The molecule has 1 aromatic carbocycles. The molecule has 0 aliphatic rings. The second-order valence-electron chi connectivity index (χ2n) is 4.14. The number of aromatic nitrogens is 2. The lowest BCUT2D eigenvalue weighted by Crippen LogP contribution is -2.22. The van der Waals surface area contributed by atoms with Crippen molar-refractivity contribution in [2.45, 2.75) is 6.54 Å². The van der Waals surface area contributed by atoms with Crippen molar-refractivity contribution in [3.8, 4) is 5.75 Å². The van der Waals surface area contributed by atoms with Crippen LogP contribution in [0.5, 0.6) is 5.75 Å². The van der Waals surface area contributed by atoms with Crippen LogP contribution in [-0.2, 0) is 6.54 Å². The van der Waals surface area contributed by atoms with Gasteiger partial charge in [-0.1, -0.05) is 5.16 Å². The van der Waals surface area contributed by atoms with Crippen molar-refractivity contribution in [1.29, 1.82) is 0 Å². The van der Waals surface area contributed by atoms with E-state index in [2.05, 4.69) is 5.16 Å². The van der Waals surface area contributed by atoms with Crippen LogP contribution in [0.4, 0.5) is 0 Å². The van der Waals surface area contributed by atoms with Gasteiger partial charge in [-0.15, -0.1) is 0 Å². The third kappa shape index (κ3) is 1.68. The van der Waals surface area contributed by atoms with Gasteiger partial charge in [-0.25, -0.2) is 0 Å². The average molecular weight is 260 g/mol. The normalized spacial score (nSPS) is 11.3. The van der Waals surface area contributed by atoms with Crippen LogP contribution in [0.25, 0.3) is 21.8 Å². The highest BCUT2D eigenvalue weighted by atomic mass is 16.5. The van der Waals surface area contributed by atoms with E-state index in [0.29, 0.717) is 16.7 Å². The van der Waals surface area contributed by atoms with Crippen molar-refractivity contribution in [3.05, 3.63) is 34.8 Å². The number of nitrogens with zero attached hydrogens (tertiary/aromatic N) is 2. The molecule has 0 aliphatic carbocycles. The lowest BCUT2D eigenvalue weighted by atomic mass is 10.1. The maximum Gasteiger partial charge on any atom is 0.281 e. The fourth-order valence-corrected chi connectivity index (χ4v) is 2.23. The summed E-state index contributed by atoms with van der Waals surface area (Å²) in [6, 6.07) is 5.42. The standard InChI is InChI=1S/C13H12N2O4/c1-18-8-2-3-9-10-7-19-14-12(10)13(17)15(4-5-16)11(9)6-8/h2-3,6-7,16H,4-5H2,1H3. The van der Waals surface area contributed by atoms with Gasteiger partial charge in [0.2, 0.25) is 0 Å². The molecule has 3 rings (SSSR count). The Bertz CT molecular complexity index is 803. The zero-order chi connectivity index (χ0) is 13.4. The third-order valence-electron chi connectivity index (χ3n) is 3.13. The van der Waals surface area contributed by atoms with Crippen molar-refractivity contribution in [1.82, 2.24) is 9.72 Å². The Hall–Kier alpha value is -2.34. The minimum absolute atomic E-state index is 0.129. The first-order valence-electron chi connectivity index (χ1n) is 5.81. The summed E-state index contributed by atoms with van der Waals surface area (Å²) in [5.41, 5.74) is 0.679. The minimum atomic E-state index is -0.279. The lowest BCUT2D eigenvalue weighted by Gasteiger charge is -2.10. The van der Waals surface area contributed by atoms with Crippen molar-refractivity contribution in [2.75, 3.05) is 13.7 Å². The highest BCUT2D eigenvalue weighted by molar-refractivity contribution is 6.04. The summed E-state index contributed by atoms with van der Waals surface area (Å²) in [7, 11) is 1.56. The second-order valence-corrected chi connectivity index (χ2v) is 4.14. The van der Waals surface area contributed by atoms with E-state index in [1.54, 1.807) is 13.2 Å². The summed E-state index contributed by atoms with van der Waals surface area (Å²) >= 11 is 0. The van der Waals surface area contributed by atoms with E-state index in [1.165, 1.54) is 10.8 Å². The van der Waals surface area contributed by atoms with Gasteiger partial charge in [-0.05, 0) is 12.1 Å². The van der Waals surface area contributed by atoms with E-state index in [9.17, 15) is 4.79 Å². The molecule has 0 unspecified atom stereocenters. The molecule has 3 aromatic rings. The van der Waals surface area contributed by atoms with Gasteiger partial charge in [0.1, 0.15) is 12.0 Å². The molecule has 6 heteroatoms. The molecule has 0 saturated carbocycles. The van der Waals surface area contributed by atoms with Crippen LogP contribution in [-0.4, -0.2) is 28.5 Å². The molecule has 2 heterocycles. The molecule has 0 saturated heterocycles. The quantitative estimate of drug-likeness (QED) is 0.764. The molecule has 2 aromatic heterocycles. The smallest absolute Gasteiger partial charge is 0.281 e. The molecule has 1 N–H and O–H groups in total. The molecule has 19 heavy (non-hydrogen) atoms. The maximum atomic E-state index is 12.3. The zero-order valence-electron chi connectivity index (χ0n) is 10.3. The highest BCUT2D eigenvalue weighted by Crippen LogP contribution is 2.25. The van der Waals surface area contributed by atoms with Crippen molar-refractivity contribution >= 4 is 21.8 Å². The van der Waals surface area contributed by atoms with Crippen LogP contribution in [0.3, 0.4) is 0 Å². The number of hydrogen-bond acceptors (Lipinski definition) is 5. The number of hydrogen-bond donors (Lipinski definition) is 1. The summed E-state index contributed by atoms with van der Waals surface area (Å²) in [5.74, 6) is 0.648. The molecule has 0 fully saturated rings. The molecular weight excluding hydrogens is 248 g/mol. The van der Waals surface area contributed by atoms with Crippen LogP contribution < -0.4 is 10.3 Å². The number of pyridine rings is 1. The summed E-state index contributed by atoms with van der Waals surface area (Å²) in [5, 5.41) is 14.4. The topological polar surface area (TPSA) is 77.5 Å². The molecular formula is C13H12N2O4. The molecule has 0 amide bonds. The number of ether oxygens (including phenoxy) is 1. The molecule has 0 aliphatic heterocycles. The number of methoxy groups -OCH3 is 1. The van der Waals surface area contributed by atoms with E-state index >= 15 is 0 Å². The van der Waals surface area contributed by atoms with Crippen LogP contribution in [0.2, 0.25) is 0 Å². The van der Waals surface area contributed by atoms with Gasteiger partial charge in [0.25, 0.3) is 5.56 Å². The Labute approximate surface area is 107 Å². The van der Waals surface area contributed by atoms with Gasteiger partial charge in [0, 0.05) is 18.0 Å². The first-order chi connectivity index (χ1) is 9.26. The predicted octanol–water partition coefficient (Wildman–Crippen LogP) is 1.14. The van der Waals surface area contributed by atoms with Crippen LogP contribution >= 0.6 is 0 Å². The summed E-state index contributed by atoms with van der Waals surface area (Å²) in [6.07, 6.45) is 1.45. The average Bonchev–Trinajstić information content (AvgIpc) is 2.92. The number of benzene rings is 1. The lowest BCUT2D eigenvalue weighted by molar-refractivity contribution is 0.276. The van der Waals surface area contributed by atoms with E-state index in [4.69, 9.17) is 14.4 Å². The van der Waals surface area contributed by atoms with Gasteiger partial charge in [0.15, 0.2) is 5.52 Å². The predicted molar refractivity (Wildman–Crippen MR) is 69.4 cm³/mol. The monoisotopic (exact) mass is 260 g/mol. The molecule has 6 nitrogen and oxygen atoms in total. The zero-order valence-corrected chi connectivity index (χ0v) is 10.3. The third-order valence-corrected chi connectivity index (χ3v) is 3.13. The molecule has 0 spiro atoms. The van der Waals surface area contributed by atoms with Crippen molar-refractivity contribution < 1.29 is 14.4 Å². The van der Waals surface area contributed by atoms with E-state index in [1.807, 2.05) is 12.1 Å². The van der Waals surface area contributed by atoms with Crippen molar-refractivity contribution in [2.24, 2.45) is 0 Å². The van der Waals surface area contributed by atoms with Crippen LogP contribution in [0.1, 0.15) is 0 Å². The fourth-order valence-electron chi connectivity index (χ4n) is 2.23. The second kappa shape index (κ2) is 4.40. The van der Waals surface area contributed by atoms with Gasteiger partial charge in [-0.3, -0.25) is 4.79 Å². The largest absolute Gasteiger partial charge is 0.497 e. The summed E-state index contributed by atoms with van der Waals surface area (Å²) < 4.78 is 11.5. The van der Waals surface area contributed by atoms with Gasteiger partial charge >= 0.3 is 0 Å². The Kier molecular flexibility index (Phi) is 2.72. The molecule has 0 radical (unpaired) electrons.